The highest BCUT2D eigenvalue weighted by atomic mass is 35.5. The Morgan fingerprint density at radius 1 is 1.15 bits per heavy atom. The second-order valence-corrected chi connectivity index (χ2v) is 5.11. The van der Waals surface area contributed by atoms with Gasteiger partial charge in [-0.1, -0.05) is 23.7 Å². The van der Waals surface area contributed by atoms with Gasteiger partial charge in [0.25, 0.3) is 0 Å². The Morgan fingerprint density at radius 2 is 1.70 bits per heavy atom. The number of esters is 1. The van der Waals surface area contributed by atoms with Crippen molar-refractivity contribution < 1.29 is 19.1 Å². The first-order chi connectivity index (χ1) is 9.36. The molecule has 20 heavy (non-hydrogen) atoms. The fourth-order valence-corrected chi connectivity index (χ4v) is 2.31. The lowest BCUT2D eigenvalue weighted by molar-refractivity contribution is -0.150. The zero-order valence-corrected chi connectivity index (χ0v) is 12.4. The molecule has 0 N–H and O–H groups in total. The van der Waals surface area contributed by atoms with E-state index in [4.69, 9.17) is 11.6 Å². The number of halogens is 1. The average molecular weight is 297 g/mol. The number of carbonyl (C=O) groups is 3. The van der Waals surface area contributed by atoms with Crippen molar-refractivity contribution in [1.82, 2.24) is 0 Å². The molecule has 0 spiro atoms. The number of hydrogen-bond acceptors (Lipinski definition) is 4. The summed E-state index contributed by atoms with van der Waals surface area (Å²) >= 11 is 5.83. The number of benzene rings is 1. The monoisotopic (exact) mass is 296 g/mol. The highest BCUT2D eigenvalue weighted by Gasteiger charge is 2.35. The van der Waals surface area contributed by atoms with Crippen molar-refractivity contribution in [2.45, 2.75) is 26.2 Å². The largest absolute Gasteiger partial charge is 0.468 e. The second kappa shape index (κ2) is 7.20. The van der Waals surface area contributed by atoms with Crippen LogP contribution in [0.1, 0.15) is 31.7 Å². The minimum atomic E-state index is -0.981. The Kier molecular flexibility index (Phi) is 5.89. The molecule has 1 aromatic rings. The van der Waals surface area contributed by atoms with Gasteiger partial charge >= 0.3 is 5.97 Å². The first kappa shape index (κ1) is 16.4. The SMILES string of the molecule is COC(=O)[C@@H](C(C)=O)[C@@H](CC(C)=O)c1ccc(Cl)cc1. The average Bonchev–Trinajstić information content (AvgIpc) is 2.37. The molecule has 0 saturated carbocycles. The molecule has 0 amide bonds. The smallest absolute Gasteiger partial charge is 0.316 e. The van der Waals surface area contributed by atoms with Crippen molar-refractivity contribution in [2.24, 2.45) is 5.92 Å². The normalized spacial score (nSPS) is 13.4. The van der Waals surface area contributed by atoms with Crippen molar-refractivity contribution in [3.05, 3.63) is 34.9 Å². The van der Waals surface area contributed by atoms with Crippen LogP contribution >= 0.6 is 11.6 Å². The Bertz CT molecular complexity index is 507. The van der Waals surface area contributed by atoms with Gasteiger partial charge in [-0.15, -0.1) is 0 Å². The summed E-state index contributed by atoms with van der Waals surface area (Å²) in [6, 6.07) is 6.76. The van der Waals surface area contributed by atoms with E-state index in [1.807, 2.05) is 0 Å². The molecule has 0 aliphatic carbocycles. The predicted molar refractivity (Wildman–Crippen MR) is 75.7 cm³/mol. The summed E-state index contributed by atoms with van der Waals surface area (Å²) in [5, 5.41) is 0.549. The zero-order valence-electron chi connectivity index (χ0n) is 11.7. The van der Waals surface area contributed by atoms with E-state index in [9.17, 15) is 14.4 Å². The minimum Gasteiger partial charge on any atom is -0.468 e. The lowest BCUT2D eigenvalue weighted by Crippen LogP contribution is -2.31. The van der Waals surface area contributed by atoms with Gasteiger partial charge in [0.15, 0.2) is 0 Å². The fourth-order valence-electron chi connectivity index (χ4n) is 2.19. The van der Waals surface area contributed by atoms with Crippen LogP contribution < -0.4 is 0 Å². The van der Waals surface area contributed by atoms with E-state index in [1.165, 1.54) is 21.0 Å². The number of hydrogen-bond donors (Lipinski definition) is 0. The predicted octanol–water partition coefficient (Wildman–Crippen LogP) is 2.78. The van der Waals surface area contributed by atoms with E-state index < -0.39 is 17.8 Å². The van der Waals surface area contributed by atoms with Gasteiger partial charge in [-0.05, 0) is 31.5 Å². The highest BCUT2D eigenvalue weighted by Crippen LogP contribution is 2.31. The Balaban J connectivity index is 3.21. The third kappa shape index (κ3) is 4.17. The summed E-state index contributed by atoms with van der Waals surface area (Å²) in [6.07, 6.45) is 0.0982. The van der Waals surface area contributed by atoms with Crippen molar-refractivity contribution in [3.63, 3.8) is 0 Å². The van der Waals surface area contributed by atoms with Crippen molar-refractivity contribution in [3.8, 4) is 0 Å². The number of methoxy groups -OCH3 is 1. The quantitative estimate of drug-likeness (QED) is 0.598. The summed E-state index contributed by atoms with van der Waals surface area (Å²) in [5.41, 5.74) is 0.718. The van der Waals surface area contributed by atoms with E-state index in [0.29, 0.717) is 5.02 Å². The molecule has 1 rings (SSSR count). The van der Waals surface area contributed by atoms with Crippen LogP contribution in [0.4, 0.5) is 0 Å². The van der Waals surface area contributed by atoms with Crippen LogP contribution in [0, 0.1) is 5.92 Å². The van der Waals surface area contributed by atoms with E-state index in [2.05, 4.69) is 4.74 Å². The molecule has 0 aliphatic heterocycles. The van der Waals surface area contributed by atoms with E-state index >= 15 is 0 Å². The topological polar surface area (TPSA) is 60.4 Å². The molecule has 108 valence electrons. The van der Waals surface area contributed by atoms with Crippen LogP contribution in [0.25, 0.3) is 0 Å². The lowest BCUT2D eigenvalue weighted by Gasteiger charge is -2.23. The van der Waals surface area contributed by atoms with Gasteiger partial charge in [0.1, 0.15) is 17.5 Å². The molecule has 1 aromatic carbocycles. The summed E-state index contributed by atoms with van der Waals surface area (Å²) in [7, 11) is 1.23. The van der Waals surface area contributed by atoms with Crippen LogP contribution in [0.3, 0.4) is 0 Å². The van der Waals surface area contributed by atoms with Gasteiger partial charge in [0, 0.05) is 17.4 Å². The molecule has 0 bridgehead atoms. The Labute approximate surface area is 123 Å². The van der Waals surface area contributed by atoms with Crippen molar-refractivity contribution in [2.75, 3.05) is 7.11 Å². The summed E-state index contributed by atoms with van der Waals surface area (Å²) < 4.78 is 4.68. The number of carbonyl (C=O) groups excluding carboxylic acids is 3. The van der Waals surface area contributed by atoms with Gasteiger partial charge in [-0.25, -0.2) is 0 Å². The molecule has 0 heterocycles. The summed E-state index contributed by atoms with van der Waals surface area (Å²) in [4.78, 5) is 35.0. The molecule has 0 radical (unpaired) electrons. The molecule has 0 fully saturated rings. The van der Waals surface area contributed by atoms with Gasteiger partial charge in [0.05, 0.1) is 7.11 Å². The Morgan fingerprint density at radius 3 is 2.10 bits per heavy atom. The maximum atomic E-state index is 11.8. The van der Waals surface area contributed by atoms with Crippen molar-refractivity contribution in [1.29, 1.82) is 0 Å². The maximum Gasteiger partial charge on any atom is 0.316 e. The third-order valence-corrected chi connectivity index (χ3v) is 3.35. The van der Waals surface area contributed by atoms with Gasteiger partial charge in [-0.3, -0.25) is 9.59 Å². The molecular weight excluding hydrogens is 280 g/mol. The van der Waals surface area contributed by atoms with E-state index in [-0.39, 0.29) is 18.0 Å². The fraction of sp³-hybridized carbons (Fsp3) is 0.400. The zero-order chi connectivity index (χ0) is 15.3. The Hall–Kier alpha value is -1.68. The first-order valence-electron chi connectivity index (χ1n) is 6.20. The molecule has 0 aromatic heterocycles. The summed E-state index contributed by atoms with van der Waals surface area (Å²) in [6.45, 7) is 2.75. The molecule has 2 atom stereocenters. The number of rotatable bonds is 6. The van der Waals surface area contributed by atoms with Crippen LogP contribution in [0.15, 0.2) is 24.3 Å². The van der Waals surface area contributed by atoms with Crippen LogP contribution in [0.5, 0.6) is 0 Å². The van der Waals surface area contributed by atoms with Crippen LogP contribution in [-0.4, -0.2) is 24.6 Å². The highest BCUT2D eigenvalue weighted by molar-refractivity contribution is 6.30. The van der Waals surface area contributed by atoms with E-state index in [0.717, 1.165) is 5.56 Å². The standard InChI is InChI=1S/C15H17ClO4/c1-9(17)8-13(11-4-6-12(16)7-5-11)14(10(2)18)15(19)20-3/h4-7,13-14H,8H2,1-3H3/t13-,14-/m0/s1. The minimum absolute atomic E-state index is 0.0971. The summed E-state index contributed by atoms with van der Waals surface area (Å²) in [5.74, 6) is -2.56. The number of ether oxygens (including phenoxy) is 1. The van der Waals surface area contributed by atoms with E-state index in [1.54, 1.807) is 24.3 Å². The second-order valence-electron chi connectivity index (χ2n) is 4.68. The van der Waals surface area contributed by atoms with Crippen molar-refractivity contribution >= 4 is 29.1 Å². The van der Waals surface area contributed by atoms with Gasteiger partial charge in [0.2, 0.25) is 0 Å². The maximum absolute atomic E-state index is 11.8. The first-order valence-corrected chi connectivity index (χ1v) is 6.57. The van der Waals surface area contributed by atoms with Crippen LogP contribution in [-0.2, 0) is 19.1 Å². The molecule has 0 saturated heterocycles. The number of Topliss-reactive ketones (excluding diaryl/α,β-unsaturated/α-hetero) is 2. The molecule has 4 nitrogen and oxygen atoms in total. The van der Waals surface area contributed by atoms with Gasteiger partial charge in [-0.2, -0.15) is 0 Å². The van der Waals surface area contributed by atoms with Gasteiger partial charge < -0.3 is 9.53 Å². The third-order valence-electron chi connectivity index (χ3n) is 3.10. The molecular formula is C15H17ClO4. The molecule has 0 unspecified atom stereocenters. The van der Waals surface area contributed by atoms with Crippen LogP contribution in [0.2, 0.25) is 5.02 Å². The number of ketones is 2. The molecule has 0 aliphatic rings. The molecule has 5 heteroatoms. The lowest BCUT2D eigenvalue weighted by atomic mass is 9.80.